The van der Waals surface area contributed by atoms with Gasteiger partial charge in [0.2, 0.25) is 0 Å². The molecule has 0 saturated heterocycles. The quantitative estimate of drug-likeness (QED) is 0.493. The molecule has 11 heavy (non-hydrogen) atoms. The van der Waals surface area contributed by atoms with Gasteiger partial charge in [0.25, 0.3) is 0 Å². The first-order chi connectivity index (χ1) is 4.99. The third kappa shape index (κ3) is 5.89. The molecule has 0 amide bonds. The highest BCUT2D eigenvalue weighted by atomic mass is 15.3. The van der Waals surface area contributed by atoms with E-state index in [1.165, 1.54) is 5.71 Å². The molecule has 0 radical (unpaired) electrons. The summed E-state index contributed by atoms with van der Waals surface area (Å²) >= 11 is 0. The van der Waals surface area contributed by atoms with Crippen LogP contribution in [0.25, 0.3) is 0 Å². The van der Waals surface area contributed by atoms with Crippen LogP contribution in [-0.2, 0) is 0 Å². The number of hydrogen-bond donors (Lipinski definition) is 1. The van der Waals surface area contributed by atoms with E-state index in [0.29, 0.717) is 0 Å². The highest BCUT2D eigenvalue weighted by Crippen LogP contribution is 1.99. The SMILES string of the molecule is CCC(CC)=NNC(C)(C)C. The van der Waals surface area contributed by atoms with Gasteiger partial charge in [0.05, 0.1) is 0 Å². The van der Waals surface area contributed by atoms with Crippen molar-refractivity contribution in [2.24, 2.45) is 5.10 Å². The molecule has 1 N–H and O–H groups in total. The molecule has 0 spiro atoms. The van der Waals surface area contributed by atoms with E-state index in [4.69, 9.17) is 0 Å². The van der Waals surface area contributed by atoms with Crippen molar-refractivity contribution in [3.05, 3.63) is 0 Å². The van der Waals surface area contributed by atoms with Gasteiger partial charge in [0.15, 0.2) is 0 Å². The summed E-state index contributed by atoms with van der Waals surface area (Å²) in [5.41, 5.74) is 4.44. The molecule has 0 fully saturated rings. The zero-order chi connectivity index (χ0) is 8.91. The first kappa shape index (κ1) is 10.5. The van der Waals surface area contributed by atoms with Crippen molar-refractivity contribution in [2.75, 3.05) is 0 Å². The first-order valence-corrected chi connectivity index (χ1v) is 4.32. The minimum Gasteiger partial charge on any atom is -0.305 e. The van der Waals surface area contributed by atoms with E-state index in [1.807, 2.05) is 0 Å². The zero-order valence-corrected chi connectivity index (χ0v) is 8.36. The summed E-state index contributed by atoms with van der Waals surface area (Å²) < 4.78 is 0. The van der Waals surface area contributed by atoms with Crippen molar-refractivity contribution in [1.82, 2.24) is 5.43 Å². The van der Waals surface area contributed by atoms with Crippen LogP contribution >= 0.6 is 0 Å². The number of nitrogens with zero attached hydrogens (tertiary/aromatic N) is 1. The molecule has 2 heteroatoms. The van der Waals surface area contributed by atoms with E-state index in [0.717, 1.165) is 12.8 Å². The van der Waals surface area contributed by atoms with Crippen LogP contribution in [0, 0.1) is 0 Å². The van der Waals surface area contributed by atoms with Crippen LogP contribution < -0.4 is 5.43 Å². The maximum Gasteiger partial charge on any atom is 0.0464 e. The average Bonchev–Trinajstić information content (AvgIpc) is 1.88. The lowest BCUT2D eigenvalue weighted by Gasteiger charge is -2.18. The maximum atomic E-state index is 4.30. The Morgan fingerprint density at radius 2 is 1.64 bits per heavy atom. The molecule has 0 heterocycles. The minimum atomic E-state index is 0.0928. The first-order valence-electron chi connectivity index (χ1n) is 4.32. The Hall–Kier alpha value is -0.530. The average molecular weight is 156 g/mol. The van der Waals surface area contributed by atoms with Crippen molar-refractivity contribution in [3.8, 4) is 0 Å². The Bertz CT molecular complexity index is 125. The molecule has 0 saturated carbocycles. The summed E-state index contributed by atoms with van der Waals surface area (Å²) in [6.07, 6.45) is 2.08. The van der Waals surface area contributed by atoms with E-state index < -0.39 is 0 Å². The zero-order valence-electron chi connectivity index (χ0n) is 8.36. The van der Waals surface area contributed by atoms with Crippen LogP contribution in [0.15, 0.2) is 5.10 Å². The molecule has 0 unspecified atom stereocenters. The number of rotatable bonds is 3. The fourth-order valence-electron chi connectivity index (χ4n) is 0.655. The molecule has 66 valence electrons. The Kier molecular flexibility index (Phi) is 4.16. The summed E-state index contributed by atoms with van der Waals surface area (Å²) in [5, 5.41) is 4.30. The predicted molar refractivity (Wildman–Crippen MR) is 50.9 cm³/mol. The second-order valence-corrected chi connectivity index (χ2v) is 3.75. The van der Waals surface area contributed by atoms with Crippen LogP contribution in [0.2, 0.25) is 0 Å². The summed E-state index contributed by atoms with van der Waals surface area (Å²) in [5.74, 6) is 0. The molecule has 0 aromatic heterocycles. The molecular formula is C9H20N2. The maximum absolute atomic E-state index is 4.30. The Balaban J connectivity index is 3.89. The van der Waals surface area contributed by atoms with Gasteiger partial charge in [-0.3, -0.25) is 0 Å². The van der Waals surface area contributed by atoms with Gasteiger partial charge in [-0.1, -0.05) is 13.8 Å². The van der Waals surface area contributed by atoms with Gasteiger partial charge in [-0.05, 0) is 33.6 Å². The van der Waals surface area contributed by atoms with Crippen molar-refractivity contribution in [2.45, 2.75) is 53.0 Å². The lowest BCUT2D eigenvalue weighted by Crippen LogP contribution is -2.32. The van der Waals surface area contributed by atoms with Gasteiger partial charge in [-0.25, -0.2) is 0 Å². The van der Waals surface area contributed by atoms with Crippen LogP contribution in [-0.4, -0.2) is 11.3 Å². The van der Waals surface area contributed by atoms with E-state index in [-0.39, 0.29) is 5.54 Å². The Labute approximate surface area is 70.1 Å². The largest absolute Gasteiger partial charge is 0.305 e. The van der Waals surface area contributed by atoms with Gasteiger partial charge in [-0.2, -0.15) is 5.10 Å². The van der Waals surface area contributed by atoms with E-state index in [1.54, 1.807) is 0 Å². The second-order valence-electron chi connectivity index (χ2n) is 3.75. The van der Waals surface area contributed by atoms with Crippen LogP contribution in [0.5, 0.6) is 0 Å². The molecule has 0 aliphatic carbocycles. The fourth-order valence-corrected chi connectivity index (χ4v) is 0.655. The molecule has 0 bridgehead atoms. The molecule has 0 aliphatic rings. The fraction of sp³-hybridized carbons (Fsp3) is 0.889. The third-order valence-electron chi connectivity index (χ3n) is 1.37. The summed E-state index contributed by atoms with van der Waals surface area (Å²) in [4.78, 5) is 0. The van der Waals surface area contributed by atoms with Gasteiger partial charge in [0.1, 0.15) is 0 Å². The van der Waals surface area contributed by atoms with Crippen LogP contribution in [0.1, 0.15) is 47.5 Å². The molecule has 0 rings (SSSR count). The topological polar surface area (TPSA) is 24.4 Å². The molecule has 0 aliphatic heterocycles. The second kappa shape index (κ2) is 4.37. The Morgan fingerprint density at radius 1 is 1.18 bits per heavy atom. The minimum absolute atomic E-state index is 0.0928. The smallest absolute Gasteiger partial charge is 0.0464 e. The molecule has 0 atom stereocenters. The third-order valence-corrected chi connectivity index (χ3v) is 1.37. The van der Waals surface area contributed by atoms with E-state index >= 15 is 0 Å². The van der Waals surface area contributed by atoms with Crippen molar-refractivity contribution in [1.29, 1.82) is 0 Å². The lowest BCUT2D eigenvalue weighted by atomic mass is 10.1. The summed E-state index contributed by atoms with van der Waals surface area (Å²) in [6.45, 7) is 10.6. The summed E-state index contributed by atoms with van der Waals surface area (Å²) in [6, 6.07) is 0. The monoisotopic (exact) mass is 156 g/mol. The summed E-state index contributed by atoms with van der Waals surface area (Å²) in [7, 11) is 0. The van der Waals surface area contributed by atoms with Crippen LogP contribution in [0.4, 0.5) is 0 Å². The molecular weight excluding hydrogens is 136 g/mol. The van der Waals surface area contributed by atoms with E-state index in [2.05, 4.69) is 45.1 Å². The molecule has 0 aromatic rings. The number of nitrogens with one attached hydrogen (secondary N) is 1. The van der Waals surface area contributed by atoms with Gasteiger partial charge in [-0.15, -0.1) is 0 Å². The highest BCUT2D eigenvalue weighted by molar-refractivity contribution is 5.83. The van der Waals surface area contributed by atoms with Crippen molar-refractivity contribution < 1.29 is 0 Å². The van der Waals surface area contributed by atoms with Crippen molar-refractivity contribution >= 4 is 5.71 Å². The van der Waals surface area contributed by atoms with Gasteiger partial charge < -0.3 is 5.43 Å². The Morgan fingerprint density at radius 3 is 1.91 bits per heavy atom. The predicted octanol–water partition coefficient (Wildman–Crippen LogP) is 2.55. The van der Waals surface area contributed by atoms with Crippen molar-refractivity contribution in [3.63, 3.8) is 0 Å². The highest BCUT2D eigenvalue weighted by Gasteiger charge is 2.06. The van der Waals surface area contributed by atoms with Gasteiger partial charge >= 0.3 is 0 Å². The molecule has 2 nitrogen and oxygen atoms in total. The molecule has 0 aromatic carbocycles. The van der Waals surface area contributed by atoms with Crippen LogP contribution in [0.3, 0.4) is 0 Å². The standard InChI is InChI=1S/C9H20N2/c1-6-8(7-2)10-11-9(3,4)5/h11H,6-7H2,1-5H3. The number of hydrogen-bond acceptors (Lipinski definition) is 2. The van der Waals surface area contributed by atoms with E-state index in [9.17, 15) is 0 Å². The van der Waals surface area contributed by atoms with Gasteiger partial charge in [0, 0.05) is 11.3 Å². The normalized spacial score (nSPS) is 11.0. The number of hydrazone groups is 1. The lowest BCUT2D eigenvalue weighted by molar-refractivity contribution is 0.440.